The average molecular weight is 454 g/mol. The van der Waals surface area contributed by atoms with Crippen LogP contribution in [0.5, 0.6) is 5.75 Å². The Kier molecular flexibility index (Phi) is 5.70. The van der Waals surface area contributed by atoms with Gasteiger partial charge in [-0.05, 0) is 54.1 Å². The number of halogens is 1. The molecule has 0 spiro atoms. The molecular formula is C21H16ClN5O3S. The number of hydrogen-bond donors (Lipinski definition) is 2. The smallest absolute Gasteiger partial charge is 0.292 e. The number of carbonyl (C=O) groups excluding carboxylic acids is 1. The van der Waals surface area contributed by atoms with Gasteiger partial charge >= 0.3 is 0 Å². The fourth-order valence-electron chi connectivity index (χ4n) is 2.91. The van der Waals surface area contributed by atoms with Gasteiger partial charge in [-0.3, -0.25) is 9.59 Å². The first-order valence-corrected chi connectivity index (χ1v) is 10.3. The van der Waals surface area contributed by atoms with Crippen LogP contribution in [0.4, 0.5) is 5.00 Å². The summed E-state index contributed by atoms with van der Waals surface area (Å²) in [5.74, 6) is 0.141. The molecule has 1 amide bonds. The third kappa shape index (κ3) is 4.14. The normalized spacial score (nSPS) is 11.2. The molecule has 4 rings (SSSR count). The Balaban J connectivity index is 1.69. The fourth-order valence-corrected chi connectivity index (χ4v) is 3.82. The Bertz CT molecular complexity index is 1340. The van der Waals surface area contributed by atoms with Crippen molar-refractivity contribution in [1.29, 1.82) is 0 Å². The number of nitrogens with zero attached hydrogens (tertiary/aromatic N) is 3. The summed E-state index contributed by atoms with van der Waals surface area (Å²) in [5, 5.41) is 11.3. The third-order valence-corrected chi connectivity index (χ3v) is 5.53. The van der Waals surface area contributed by atoms with Crippen LogP contribution in [-0.2, 0) is 0 Å². The number of thiophene rings is 1. The Morgan fingerprint density at radius 2 is 1.94 bits per heavy atom. The minimum absolute atomic E-state index is 0.0318. The van der Waals surface area contributed by atoms with Gasteiger partial charge < -0.3 is 10.5 Å². The number of hydrazone groups is 1. The van der Waals surface area contributed by atoms with Gasteiger partial charge in [-0.25, -0.2) is 5.43 Å². The number of anilines is 1. The molecule has 4 aromatic rings. The summed E-state index contributed by atoms with van der Waals surface area (Å²) in [5.41, 5.74) is 9.29. The summed E-state index contributed by atoms with van der Waals surface area (Å²) in [6, 6.07) is 13.7. The molecule has 0 atom stereocenters. The lowest BCUT2D eigenvalue weighted by Gasteiger charge is -2.09. The molecule has 3 N–H and O–H groups in total. The molecule has 2 aromatic carbocycles. The number of hydrogen-bond acceptors (Lipinski definition) is 7. The van der Waals surface area contributed by atoms with Crippen LogP contribution < -0.4 is 21.5 Å². The number of rotatable bonds is 5. The van der Waals surface area contributed by atoms with E-state index >= 15 is 0 Å². The number of carbonyl (C=O) groups is 1. The summed E-state index contributed by atoms with van der Waals surface area (Å²) >= 11 is 7.10. The van der Waals surface area contributed by atoms with Crippen LogP contribution in [0.25, 0.3) is 16.5 Å². The molecule has 0 aliphatic heterocycles. The van der Waals surface area contributed by atoms with Crippen molar-refractivity contribution in [1.82, 2.24) is 15.2 Å². The number of methoxy groups -OCH3 is 1. The van der Waals surface area contributed by atoms with Crippen LogP contribution in [0, 0.1) is 0 Å². The number of fused-ring (bicyclic) bond motifs is 1. The maximum Gasteiger partial charge on any atom is 0.292 e. The van der Waals surface area contributed by atoms with Gasteiger partial charge in [-0.1, -0.05) is 11.6 Å². The van der Waals surface area contributed by atoms with E-state index in [9.17, 15) is 9.59 Å². The van der Waals surface area contributed by atoms with E-state index in [0.717, 1.165) is 10.2 Å². The average Bonchev–Trinajstić information content (AvgIpc) is 3.17. The van der Waals surface area contributed by atoms with Crippen molar-refractivity contribution in [3.8, 4) is 11.4 Å². The van der Waals surface area contributed by atoms with Crippen LogP contribution in [0.15, 0.2) is 63.8 Å². The molecule has 31 heavy (non-hydrogen) atoms. The second kappa shape index (κ2) is 8.58. The van der Waals surface area contributed by atoms with E-state index in [0.29, 0.717) is 26.8 Å². The van der Waals surface area contributed by atoms with E-state index in [2.05, 4.69) is 15.6 Å². The van der Waals surface area contributed by atoms with Gasteiger partial charge in [0.2, 0.25) is 0 Å². The second-order valence-corrected chi connectivity index (χ2v) is 7.75. The Hall–Kier alpha value is -3.69. The minimum atomic E-state index is -0.574. The molecule has 0 fully saturated rings. The zero-order valence-corrected chi connectivity index (χ0v) is 17.8. The van der Waals surface area contributed by atoms with Crippen LogP contribution in [0.1, 0.15) is 16.1 Å². The van der Waals surface area contributed by atoms with Crippen LogP contribution in [0.3, 0.4) is 0 Å². The molecule has 0 unspecified atom stereocenters. The highest BCUT2D eigenvalue weighted by Crippen LogP contribution is 2.27. The van der Waals surface area contributed by atoms with Gasteiger partial charge in [-0.15, -0.1) is 11.3 Å². The highest BCUT2D eigenvalue weighted by Gasteiger charge is 2.20. The van der Waals surface area contributed by atoms with Crippen LogP contribution in [-0.4, -0.2) is 29.0 Å². The molecule has 0 aliphatic rings. The SMILES string of the molecule is COc1ccc(/C=N\NC(=O)c2nn(-c3ccc(Cl)cc3)c(=O)c3c(N)scc23)cc1. The molecule has 0 radical (unpaired) electrons. The van der Waals surface area contributed by atoms with E-state index < -0.39 is 11.5 Å². The first-order chi connectivity index (χ1) is 15.0. The van der Waals surface area contributed by atoms with Crippen molar-refractivity contribution in [3.05, 3.63) is 80.5 Å². The monoisotopic (exact) mass is 453 g/mol. The summed E-state index contributed by atoms with van der Waals surface area (Å²) in [6.45, 7) is 0. The Labute approximate surface area is 185 Å². The van der Waals surface area contributed by atoms with Gasteiger partial charge in [0, 0.05) is 15.8 Å². The van der Waals surface area contributed by atoms with E-state index in [1.165, 1.54) is 17.6 Å². The molecule has 0 saturated carbocycles. The zero-order valence-electron chi connectivity index (χ0n) is 16.2. The quantitative estimate of drug-likeness (QED) is 0.355. The van der Waals surface area contributed by atoms with Crippen LogP contribution in [0.2, 0.25) is 5.02 Å². The van der Waals surface area contributed by atoms with E-state index in [4.69, 9.17) is 22.1 Å². The van der Waals surface area contributed by atoms with Crippen molar-refractivity contribution in [2.75, 3.05) is 12.8 Å². The standard InChI is InChI=1S/C21H16ClN5O3S/c1-30-15-8-2-12(3-9-15)10-24-25-20(28)18-16-11-31-19(23)17(16)21(29)27(26-18)14-6-4-13(22)5-7-14/h2-11H,23H2,1H3,(H,25,28)/b24-10-. The number of nitrogen functional groups attached to an aromatic ring is 1. The molecule has 8 nitrogen and oxygen atoms in total. The van der Waals surface area contributed by atoms with E-state index in [1.54, 1.807) is 61.0 Å². The molecule has 0 bridgehead atoms. The van der Waals surface area contributed by atoms with Gasteiger partial charge in [0.05, 0.1) is 29.4 Å². The highest BCUT2D eigenvalue weighted by molar-refractivity contribution is 7.15. The zero-order chi connectivity index (χ0) is 22.0. The molecule has 10 heteroatoms. The van der Waals surface area contributed by atoms with Crippen molar-refractivity contribution in [2.24, 2.45) is 5.10 Å². The third-order valence-electron chi connectivity index (χ3n) is 4.46. The molecule has 2 aromatic heterocycles. The number of ether oxygens (including phenoxy) is 1. The molecule has 156 valence electrons. The van der Waals surface area contributed by atoms with Gasteiger partial charge in [0.15, 0.2) is 5.69 Å². The van der Waals surface area contributed by atoms with Crippen molar-refractivity contribution < 1.29 is 9.53 Å². The van der Waals surface area contributed by atoms with Gasteiger partial charge in [0.1, 0.15) is 5.75 Å². The molecular weight excluding hydrogens is 438 g/mol. The Morgan fingerprint density at radius 3 is 2.61 bits per heavy atom. The summed E-state index contributed by atoms with van der Waals surface area (Å²) < 4.78 is 6.24. The van der Waals surface area contributed by atoms with Crippen molar-refractivity contribution >= 4 is 50.8 Å². The van der Waals surface area contributed by atoms with E-state index in [-0.39, 0.29) is 11.1 Å². The lowest BCUT2D eigenvalue weighted by molar-refractivity contribution is 0.0950. The second-order valence-electron chi connectivity index (χ2n) is 6.40. The molecule has 0 saturated heterocycles. The van der Waals surface area contributed by atoms with Crippen LogP contribution >= 0.6 is 22.9 Å². The minimum Gasteiger partial charge on any atom is -0.497 e. The maximum atomic E-state index is 12.9. The topological polar surface area (TPSA) is 112 Å². The maximum absolute atomic E-state index is 12.9. The Morgan fingerprint density at radius 1 is 1.23 bits per heavy atom. The summed E-state index contributed by atoms with van der Waals surface area (Å²) in [4.78, 5) is 25.8. The predicted octanol–water partition coefficient (Wildman–Crippen LogP) is 3.46. The summed E-state index contributed by atoms with van der Waals surface area (Å²) in [6.07, 6.45) is 1.49. The van der Waals surface area contributed by atoms with Gasteiger partial charge in [-0.2, -0.15) is 14.9 Å². The number of nitrogens with one attached hydrogen (secondary N) is 1. The first-order valence-electron chi connectivity index (χ1n) is 9.01. The predicted molar refractivity (Wildman–Crippen MR) is 123 cm³/mol. The van der Waals surface area contributed by atoms with Gasteiger partial charge in [0.25, 0.3) is 11.5 Å². The highest BCUT2D eigenvalue weighted by atomic mass is 35.5. The fraction of sp³-hybridized carbons (Fsp3) is 0.0476. The first kappa shape index (κ1) is 20.6. The number of aromatic nitrogens is 2. The van der Waals surface area contributed by atoms with E-state index in [1.807, 2.05) is 0 Å². The molecule has 2 heterocycles. The number of benzene rings is 2. The molecule has 0 aliphatic carbocycles. The van der Waals surface area contributed by atoms with Crippen molar-refractivity contribution in [2.45, 2.75) is 0 Å². The number of amides is 1. The number of nitrogens with two attached hydrogens (primary N) is 1. The van der Waals surface area contributed by atoms with Crippen molar-refractivity contribution in [3.63, 3.8) is 0 Å². The summed E-state index contributed by atoms with van der Waals surface area (Å²) in [7, 11) is 1.58. The lowest BCUT2D eigenvalue weighted by Crippen LogP contribution is -2.28. The lowest BCUT2D eigenvalue weighted by atomic mass is 10.2. The largest absolute Gasteiger partial charge is 0.497 e.